The van der Waals surface area contributed by atoms with Crippen LogP contribution in [0.25, 0.3) is 0 Å². The number of rotatable bonds is 6. The Balaban J connectivity index is 2.25. The van der Waals surface area contributed by atoms with Gasteiger partial charge in [0.25, 0.3) is 0 Å². The molecule has 1 saturated heterocycles. The van der Waals surface area contributed by atoms with Crippen LogP contribution in [0.3, 0.4) is 0 Å². The molecule has 21 heavy (non-hydrogen) atoms. The molecule has 116 valence electrons. The van der Waals surface area contributed by atoms with E-state index in [-0.39, 0.29) is 17.3 Å². The van der Waals surface area contributed by atoms with Crippen molar-refractivity contribution < 1.29 is 14.4 Å². The van der Waals surface area contributed by atoms with Crippen LogP contribution >= 0.6 is 11.8 Å². The summed E-state index contributed by atoms with van der Waals surface area (Å²) in [6.07, 6.45) is 3.59. The summed E-state index contributed by atoms with van der Waals surface area (Å²) in [7, 11) is 0. The molecule has 1 N–H and O–H groups in total. The topological polar surface area (TPSA) is 69.8 Å². The second-order valence-corrected chi connectivity index (χ2v) is 6.47. The van der Waals surface area contributed by atoms with E-state index in [0.29, 0.717) is 18.1 Å². The van der Waals surface area contributed by atoms with Crippen molar-refractivity contribution in [3.05, 3.63) is 24.5 Å². The summed E-state index contributed by atoms with van der Waals surface area (Å²) in [5.74, 6) is 1.05. The SMILES string of the molecule is C=CCN1CC(O)N(c2cc(C(C)(CC)SC)on2)C1=O. The van der Waals surface area contributed by atoms with E-state index >= 15 is 0 Å². The zero-order valence-corrected chi connectivity index (χ0v) is 13.4. The first kappa shape index (κ1) is 15.9. The number of aliphatic hydroxyl groups is 1. The van der Waals surface area contributed by atoms with Crippen LogP contribution in [0.2, 0.25) is 0 Å². The Morgan fingerprint density at radius 3 is 3.00 bits per heavy atom. The zero-order valence-electron chi connectivity index (χ0n) is 12.6. The van der Waals surface area contributed by atoms with Crippen LogP contribution in [0.4, 0.5) is 10.6 Å². The second kappa shape index (κ2) is 6.11. The lowest BCUT2D eigenvalue weighted by Gasteiger charge is -2.21. The number of carbonyl (C=O) groups is 1. The van der Waals surface area contributed by atoms with Crippen molar-refractivity contribution in [2.75, 3.05) is 24.2 Å². The minimum atomic E-state index is -0.919. The standard InChI is InChI=1S/C14H21N3O3S/c1-5-7-16-9-12(18)17(13(16)19)11-8-10(20-15-11)14(3,6-2)21-4/h5,8,12,18H,1,6-7,9H2,2-4H3. The van der Waals surface area contributed by atoms with Gasteiger partial charge >= 0.3 is 6.03 Å². The van der Waals surface area contributed by atoms with E-state index in [2.05, 4.69) is 25.6 Å². The Morgan fingerprint density at radius 1 is 1.71 bits per heavy atom. The van der Waals surface area contributed by atoms with Crippen LogP contribution < -0.4 is 4.90 Å². The molecule has 2 unspecified atom stereocenters. The normalized spacial score (nSPS) is 21.7. The third-order valence-electron chi connectivity index (χ3n) is 3.90. The van der Waals surface area contributed by atoms with Gasteiger partial charge in [-0.3, -0.25) is 0 Å². The molecule has 6 nitrogen and oxygen atoms in total. The molecular weight excluding hydrogens is 290 g/mol. The summed E-state index contributed by atoms with van der Waals surface area (Å²) in [6.45, 7) is 8.38. The molecule has 0 bridgehead atoms. The number of β-amino-alcohol motifs (C(OH)–C–C–N with tert-alkyl or cyclic N) is 1. The third kappa shape index (κ3) is 2.80. The lowest BCUT2D eigenvalue weighted by Crippen LogP contribution is -2.35. The Bertz CT molecular complexity index is 527. The van der Waals surface area contributed by atoms with Crippen LogP contribution in [0.5, 0.6) is 0 Å². The van der Waals surface area contributed by atoms with Crippen molar-refractivity contribution in [1.82, 2.24) is 10.1 Å². The Hall–Kier alpha value is -1.47. The number of hydrogen-bond acceptors (Lipinski definition) is 5. The van der Waals surface area contributed by atoms with E-state index in [0.717, 1.165) is 6.42 Å². The number of thioether (sulfide) groups is 1. The van der Waals surface area contributed by atoms with Gasteiger partial charge in [0.1, 0.15) is 0 Å². The molecule has 1 aromatic rings. The lowest BCUT2D eigenvalue weighted by atomic mass is 10.1. The fraction of sp³-hybridized carbons (Fsp3) is 0.571. The average Bonchev–Trinajstić information content (AvgIpc) is 3.05. The van der Waals surface area contributed by atoms with E-state index in [1.54, 1.807) is 23.9 Å². The largest absolute Gasteiger partial charge is 0.371 e. The molecule has 0 aromatic carbocycles. The zero-order chi connectivity index (χ0) is 15.6. The van der Waals surface area contributed by atoms with Crippen LogP contribution in [-0.2, 0) is 4.75 Å². The highest BCUT2D eigenvalue weighted by Crippen LogP contribution is 2.39. The predicted molar refractivity (Wildman–Crippen MR) is 83.3 cm³/mol. The van der Waals surface area contributed by atoms with E-state index in [1.165, 1.54) is 9.80 Å². The Labute approximate surface area is 128 Å². The summed E-state index contributed by atoms with van der Waals surface area (Å²) in [4.78, 5) is 15.0. The minimum absolute atomic E-state index is 0.195. The van der Waals surface area contributed by atoms with Crippen molar-refractivity contribution >= 4 is 23.6 Å². The summed E-state index contributed by atoms with van der Waals surface area (Å²) in [5, 5.41) is 14.0. The van der Waals surface area contributed by atoms with Gasteiger partial charge in [-0.15, -0.1) is 6.58 Å². The molecule has 0 aliphatic carbocycles. The van der Waals surface area contributed by atoms with E-state index in [4.69, 9.17) is 4.52 Å². The van der Waals surface area contributed by atoms with Gasteiger partial charge in [0.15, 0.2) is 17.8 Å². The maximum Gasteiger partial charge on any atom is 0.328 e. The number of anilines is 1. The smallest absolute Gasteiger partial charge is 0.328 e. The molecule has 1 aromatic heterocycles. The highest BCUT2D eigenvalue weighted by Gasteiger charge is 2.39. The molecule has 1 aliphatic rings. The van der Waals surface area contributed by atoms with Crippen molar-refractivity contribution in [1.29, 1.82) is 0 Å². The number of aromatic nitrogens is 1. The van der Waals surface area contributed by atoms with Crippen molar-refractivity contribution in [2.45, 2.75) is 31.2 Å². The predicted octanol–water partition coefficient (Wildman–Crippen LogP) is 2.41. The van der Waals surface area contributed by atoms with Gasteiger partial charge < -0.3 is 14.5 Å². The molecule has 2 rings (SSSR count). The summed E-state index contributed by atoms with van der Waals surface area (Å²) < 4.78 is 5.21. The van der Waals surface area contributed by atoms with Crippen molar-refractivity contribution in [2.24, 2.45) is 0 Å². The van der Waals surface area contributed by atoms with Crippen molar-refractivity contribution in [3.63, 3.8) is 0 Å². The van der Waals surface area contributed by atoms with Crippen molar-refractivity contribution in [3.8, 4) is 0 Å². The summed E-state index contributed by atoms with van der Waals surface area (Å²) in [6, 6.07) is 1.45. The molecule has 0 spiro atoms. The maximum atomic E-state index is 12.3. The van der Waals surface area contributed by atoms with E-state index < -0.39 is 6.23 Å². The first-order chi connectivity index (χ1) is 9.96. The number of hydrogen-bond donors (Lipinski definition) is 1. The molecule has 7 heteroatoms. The molecule has 0 saturated carbocycles. The number of amides is 2. The monoisotopic (exact) mass is 311 g/mol. The maximum absolute atomic E-state index is 12.3. The van der Waals surface area contributed by atoms with Gasteiger partial charge in [-0.1, -0.05) is 18.2 Å². The highest BCUT2D eigenvalue weighted by molar-refractivity contribution is 7.99. The minimum Gasteiger partial charge on any atom is -0.371 e. The summed E-state index contributed by atoms with van der Waals surface area (Å²) in [5.41, 5.74) is 0. The fourth-order valence-electron chi connectivity index (χ4n) is 2.24. The molecule has 2 amide bonds. The number of aliphatic hydroxyl groups excluding tert-OH is 1. The average molecular weight is 311 g/mol. The van der Waals surface area contributed by atoms with E-state index in [9.17, 15) is 9.90 Å². The molecular formula is C14H21N3O3S. The molecule has 1 fully saturated rings. The highest BCUT2D eigenvalue weighted by atomic mass is 32.2. The number of urea groups is 1. The molecule has 2 heterocycles. The van der Waals surface area contributed by atoms with Gasteiger partial charge in [0.05, 0.1) is 11.3 Å². The number of nitrogens with zero attached hydrogens (tertiary/aromatic N) is 3. The van der Waals surface area contributed by atoms with Crippen LogP contribution in [0.1, 0.15) is 26.0 Å². The summed E-state index contributed by atoms with van der Waals surface area (Å²) >= 11 is 1.67. The first-order valence-electron chi connectivity index (χ1n) is 6.86. The lowest BCUT2D eigenvalue weighted by molar-refractivity contribution is 0.179. The van der Waals surface area contributed by atoms with Gasteiger partial charge in [-0.25, -0.2) is 9.69 Å². The Morgan fingerprint density at radius 2 is 2.43 bits per heavy atom. The second-order valence-electron chi connectivity index (χ2n) is 5.16. The molecule has 2 atom stereocenters. The van der Waals surface area contributed by atoms with Gasteiger partial charge in [-0.05, 0) is 19.6 Å². The van der Waals surface area contributed by atoms with Gasteiger partial charge in [0.2, 0.25) is 0 Å². The van der Waals surface area contributed by atoms with Gasteiger partial charge in [-0.2, -0.15) is 11.8 Å². The molecule has 0 radical (unpaired) electrons. The third-order valence-corrected chi connectivity index (χ3v) is 5.29. The van der Waals surface area contributed by atoms with Crippen LogP contribution in [-0.4, -0.2) is 46.8 Å². The van der Waals surface area contributed by atoms with Gasteiger partial charge in [0, 0.05) is 12.6 Å². The Kier molecular flexibility index (Phi) is 4.63. The quantitative estimate of drug-likeness (QED) is 0.817. The van der Waals surface area contributed by atoms with E-state index in [1.807, 2.05) is 6.26 Å². The first-order valence-corrected chi connectivity index (χ1v) is 8.08. The van der Waals surface area contributed by atoms with Crippen LogP contribution in [0, 0.1) is 0 Å². The number of carbonyl (C=O) groups excluding carboxylic acids is 1. The fourth-order valence-corrected chi connectivity index (χ4v) is 2.83. The molecule has 1 aliphatic heterocycles. The van der Waals surface area contributed by atoms with Crippen LogP contribution in [0.15, 0.2) is 23.2 Å².